The number of ether oxygens (including phenoxy) is 1. The number of hydrogen-bond acceptors (Lipinski definition) is 5. The van der Waals surface area contributed by atoms with E-state index < -0.39 is 5.63 Å². The van der Waals surface area contributed by atoms with E-state index >= 15 is 0 Å². The minimum Gasteiger partial charge on any atom is -0.482 e. The lowest BCUT2D eigenvalue weighted by Crippen LogP contribution is -2.30. The van der Waals surface area contributed by atoms with Crippen LogP contribution in [0.4, 0.5) is 0 Å². The summed E-state index contributed by atoms with van der Waals surface area (Å²) in [5.74, 6) is 0.918. The van der Waals surface area contributed by atoms with E-state index in [1.807, 2.05) is 31.2 Å². The molecule has 0 spiro atoms. The van der Waals surface area contributed by atoms with Gasteiger partial charge >= 0.3 is 5.63 Å². The number of H-pyrrole nitrogens is 1. The summed E-state index contributed by atoms with van der Waals surface area (Å²) in [5.41, 5.74) is 3.26. The van der Waals surface area contributed by atoms with Gasteiger partial charge in [-0.1, -0.05) is 23.7 Å². The molecule has 0 fully saturated rings. The molecule has 4 rings (SSSR count). The van der Waals surface area contributed by atoms with E-state index in [0.29, 0.717) is 22.7 Å². The summed E-state index contributed by atoms with van der Waals surface area (Å²) in [5, 5.41) is 3.91. The minimum absolute atomic E-state index is 0.190. The van der Waals surface area contributed by atoms with E-state index in [9.17, 15) is 9.59 Å². The topological polar surface area (TPSA) is 97.2 Å². The second-order valence-electron chi connectivity index (χ2n) is 7.36. The molecule has 0 saturated heterocycles. The summed E-state index contributed by atoms with van der Waals surface area (Å²) in [7, 11) is 0. The van der Waals surface area contributed by atoms with Crippen LogP contribution in [0.25, 0.3) is 22.0 Å². The maximum atomic E-state index is 12.1. The first-order valence-corrected chi connectivity index (χ1v) is 10.4. The van der Waals surface area contributed by atoms with Crippen LogP contribution in [0.5, 0.6) is 5.75 Å². The quantitative estimate of drug-likeness (QED) is 0.334. The van der Waals surface area contributed by atoms with Crippen LogP contribution in [0, 0.1) is 13.8 Å². The summed E-state index contributed by atoms with van der Waals surface area (Å²) in [6.07, 6.45) is 1.47. The van der Waals surface area contributed by atoms with Gasteiger partial charge in [-0.05, 0) is 44.0 Å². The van der Waals surface area contributed by atoms with Gasteiger partial charge in [0.1, 0.15) is 17.2 Å². The van der Waals surface area contributed by atoms with Crippen molar-refractivity contribution in [2.45, 2.75) is 26.7 Å². The molecule has 2 aromatic carbocycles. The van der Waals surface area contributed by atoms with Crippen molar-refractivity contribution in [3.05, 3.63) is 68.8 Å². The standard InChI is InChI=1S/C23H22ClN3O4/c1-13-14(2)23(29)31-19-11-20(16(24)10-15(13)19)30-12-22(28)25-9-5-8-21-26-17-6-3-4-7-18(17)27-21/h3-4,6-7,10-11H,5,8-9,12H2,1-2H3,(H,25,28)(H,26,27). The largest absolute Gasteiger partial charge is 0.482 e. The number of amides is 1. The summed E-state index contributed by atoms with van der Waals surface area (Å²) in [6.45, 7) is 3.85. The third kappa shape index (κ3) is 4.56. The number of aryl methyl sites for hydroxylation is 2. The van der Waals surface area contributed by atoms with Crippen molar-refractivity contribution in [1.82, 2.24) is 15.3 Å². The molecule has 0 aliphatic heterocycles. The van der Waals surface area contributed by atoms with Gasteiger partial charge in [0.15, 0.2) is 6.61 Å². The number of carbonyl (C=O) groups excluding carboxylic acids is 1. The highest BCUT2D eigenvalue weighted by molar-refractivity contribution is 6.32. The lowest BCUT2D eigenvalue weighted by Gasteiger charge is -2.11. The fourth-order valence-electron chi connectivity index (χ4n) is 3.36. The number of nitrogens with zero attached hydrogens (tertiary/aromatic N) is 1. The zero-order chi connectivity index (χ0) is 22.0. The third-order valence-electron chi connectivity index (χ3n) is 5.22. The third-order valence-corrected chi connectivity index (χ3v) is 5.51. The van der Waals surface area contributed by atoms with E-state index in [4.69, 9.17) is 20.8 Å². The van der Waals surface area contributed by atoms with E-state index in [2.05, 4.69) is 15.3 Å². The molecule has 0 aliphatic carbocycles. The molecule has 31 heavy (non-hydrogen) atoms. The number of imidazole rings is 1. The fourth-order valence-corrected chi connectivity index (χ4v) is 3.57. The number of fused-ring (bicyclic) bond motifs is 2. The summed E-state index contributed by atoms with van der Waals surface area (Å²) in [4.78, 5) is 31.8. The van der Waals surface area contributed by atoms with Crippen LogP contribution in [0.2, 0.25) is 5.02 Å². The maximum Gasteiger partial charge on any atom is 0.339 e. The van der Waals surface area contributed by atoms with Crippen LogP contribution >= 0.6 is 11.6 Å². The summed E-state index contributed by atoms with van der Waals surface area (Å²) < 4.78 is 10.9. The molecule has 7 nitrogen and oxygen atoms in total. The predicted octanol–water partition coefficient (Wildman–Crippen LogP) is 4.07. The van der Waals surface area contributed by atoms with Crippen molar-refractivity contribution in [3.8, 4) is 5.75 Å². The number of rotatable bonds is 7. The molecule has 2 N–H and O–H groups in total. The Balaban J connectivity index is 1.30. The molecular weight excluding hydrogens is 418 g/mol. The van der Waals surface area contributed by atoms with Crippen molar-refractivity contribution in [2.75, 3.05) is 13.2 Å². The number of aromatic amines is 1. The first-order chi connectivity index (χ1) is 14.9. The Morgan fingerprint density at radius 3 is 2.84 bits per heavy atom. The average molecular weight is 440 g/mol. The molecule has 160 valence electrons. The van der Waals surface area contributed by atoms with Crippen LogP contribution in [0.3, 0.4) is 0 Å². The van der Waals surface area contributed by atoms with Crippen molar-refractivity contribution in [2.24, 2.45) is 0 Å². The van der Waals surface area contributed by atoms with Crippen LogP contribution in [0.15, 0.2) is 45.6 Å². The molecular formula is C23H22ClN3O4. The first kappa shape index (κ1) is 20.9. The molecule has 2 heterocycles. The molecule has 8 heteroatoms. The van der Waals surface area contributed by atoms with Gasteiger partial charge in [0.25, 0.3) is 5.91 Å². The van der Waals surface area contributed by atoms with Crippen molar-refractivity contribution in [3.63, 3.8) is 0 Å². The van der Waals surface area contributed by atoms with E-state index in [-0.39, 0.29) is 18.3 Å². The zero-order valence-electron chi connectivity index (χ0n) is 17.3. The Morgan fingerprint density at radius 2 is 2.03 bits per heavy atom. The van der Waals surface area contributed by atoms with Crippen molar-refractivity contribution in [1.29, 1.82) is 0 Å². The first-order valence-electron chi connectivity index (χ1n) is 9.99. The Hall–Kier alpha value is -3.32. The van der Waals surface area contributed by atoms with Crippen LogP contribution < -0.4 is 15.7 Å². The zero-order valence-corrected chi connectivity index (χ0v) is 18.0. The Bertz CT molecular complexity index is 1290. The van der Waals surface area contributed by atoms with Gasteiger partial charge < -0.3 is 19.5 Å². The Kier molecular flexibility index (Phi) is 5.95. The number of hydrogen-bond donors (Lipinski definition) is 2. The smallest absolute Gasteiger partial charge is 0.339 e. The van der Waals surface area contributed by atoms with Gasteiger partial charge in [-0.2, -0.15) is 0 Å². The monoisotopic (exact) mass is 439 g/mol. The lowest BCUT2D eigenvalue weighted by atomic mass is 10.1. The molecule has 0 aliphatic rings. The van der Waals surface area contributed by atoms with Gasteiger partial charge in [-0.25, -0.2) is 9.78 Å². The normalized spacial score (nSPS) is 11.2. The van der Waals surface area contributed by atoms with Gasteiger partial charge in [-0.15, -0.1) is 0 Å². The SMILES string of the molecule is Cc1c(C)c2cc(Cl)c(OCC(=O)NCCCc3nc4ccccc4[nH]3)cc2oc1=O. The van der Waals surface area contributed by atoms with Gasteiger partial charge in [-0.3, -0.25) is 4.79 Å². The summed E-state index contributed by atoms with van der Waals surface area (Å²) in [6, 6.07) is 11.1. The van der Waals surface area contributed by atoms with Gasteiger partial charge in [0.05, 0.1) is 16.1 Å². The minimum atomic E-state index is -0.402. The number of nitrogens with one attached hydrogen (secondary N) is 2. The number of carbonyl (C=O) groups is 1. The van der Waals surface area contributed by atoms with Crippen LogP contribution in [0.1, 0.15) is 23.4 Å². The number of benzene rings is 2. The second kappa shape index (κ2) is 8.81. The number of halogens is 1. The molecule has 1 amide bonds. The van der Waals surface area contributed by atoms with Gasteiger partial charge in [0.2, 0.25) is 0 Å². The van der Waals surface area contributed by atoms with Gasteiger partial charge in [0, 0.05) is 30.0 Å². The second-order valence-corrected chi connectivity index (χ2v) is 7.77. The number of aromatic nitrogens is 2. The molecule has 0 atom stereocenters. The van der Waals surface area contributed by atoms with Crippen molar-refractivity contribution >= 4 is 39.5 Å². The average Bonchev–Trinajstić information content (AvgIpc) is 3.17. The molecule has 4 aromatic rings. The molecule has 2 aromatic heterocycles. The van der Waals surface area contributed by atoms with Crippen molar-refractivity contribution < 1.29 is 13.9 Å². The van der Waals surface area contributed by atoms with E-state index in [1.54, 1.807) is 19.1 Å². The highest BCUT2D eigenvalue weighted by Gasteiger charge is 2.13. The highest BCUT2D eigenvalue weighted by Crippen LogP contribution is 2.31. The Morgan fingerprint density at radius 1 is 1.23 bits per heavy atom. The van der Waals surface area contributed by atoms with Crippen LogP contribution in [-0.2, 0) is 11.2 Å². The maximum absolute atomic E-state index is 12.1. The molecule has 0 saturated carbocycles. The highest BCUT2D eigenvalue weighted by atomic mass is 35.5. The van der Waals surface area contributed by atoms with E-state index in [1.165, 1.54) is 0 Å². The molecule has 0 bridgehead atoms. The predicted molar refractivity (Wildman–Crippen MR) is 120 cm³/mol. The lowest BCUT2D eigenvalue weighted by molar-refractivity contribution is -0.123. The summed E-state index contributed by atoms with van der Waals surface area (Å²) >= 11 is 6.29. The molecule has 0 radical (unpaired) electrons. The fraction of sp³-hybridized carbons (Fsp3) is 0.261. The Labute approximate surface area is 183 Å². The molecule has 0 unspecified atom stereocenters. The number of para-hydroxylation sites is 2. The van der Waals surface area contributed by atoms with Crippen LogP contribution in [-0.4, -0.2) is 29.0 Å². The van der Waals surface area contributed by atoms with E-state index in [0.717, 1.165) is 40.6 Å².